The van der Waals surface area contributed by atoms with Crippen LogP contribution in [0.4, 0.5) is 10.1 Å². The molecule has 104 valence electrons. The second kappa shape index (κ2) is 5.88. The summed E-state index contributed by atoms with van der Waals surface area (Å²) in [7, 11) is 0. The average Bonchev–Trinajstić information content (AvgIpc) is 2.42. The van der Waals surface area contributed by atoms with E-state index < -0.39 is 5.82 Å². The van der Waals surface area contributed by atoms with E-state index in [1.807, 2.05) is 6.92 Å². The standard InChI is InChI=1S/C13H16BrFN2O2/c1-2-8-7-17(3-4-19-8)13(18)9-5-12(16)11(15)6-10(9)14/h5-6,8H,2-4,7,16H2,1H3. The molecule has 19 heavy (non-hydrogen) atoms. The molecule has 1 aromatic carbocycles. The molecule has 1 aromatic rings. The molecule has 1 fully saturated rings. The van der Waals surface area contributed by atoms with E-state index in [0.29, 0.717) is 29.7 Å². The van der Waals surface area contributed by atoms with Gasteiger partial charge in [-0.25, -0.2) is 4.39 Å². The van der Waals surface area contributed by atoms with Gasteiger partial charge >= 0.3 is 0 Å². The number of hydrogen-bond donors (Lipinski definition) is 1. The summed E-state index contributed by atoms with van der Waals surface area (Å²) in [6, 6.07) is 2.60. The van der Waals surface area contributed by atoms with Crippen molar-refractivity contribution in [2.75, 3.05) is 25.4 Å². The lowest BCUT2D eigenvalue weighted by molar-refractivity contribution is -0.0226. The van der Waals surface area contributed by atoms with Crippen molar-refractivity contribution in [3.63, 3.8) is 0 Å². The van der Waals surface area contributed by atoms with Gasteiger partial charge in [0.15, 0.2) is 0 Å². The van der Waals surface area contributed by atoms with Gasteiger partial charge in [-0.05, 0) is 34.5 Å². The Morgan fingerprint density at radius 2 is 2.37 bits per heavy atom. The number of anilines is 1. The highest BCUT2D eigenvalue weighted by Crippen LogP contribution is 2.25. The molecule has 0 saturated carbocycles. The van der Waals surface area contributed by atoms with E-state index in [4.69, 9.17) is 10.5 Å². The topological polar surface area (TPSA) is 55.6 Å². The summed E-state index contributed by atoms with van der Waals surface area (Å²) in [4.78, 5) is 14.1. The van der Waals surface area contributed by atoms with Gasteiger partial charge in [-0.3, -0.25) is 4.79 Å². The Morgan fingerprint density at radius 3 is 3.05 bits per heavy atom. The number of carbonyl (C=O) groups is 1. The first-order chi connectivity index (χ1) is 9.02. The maximum Gasteiger partial charge on any atom is 0.255 e. The predicted molar refractivity (Wildman–Crippen MR) is 74.4 cm³/mol. The zero-order chi connectivity index (χ0) is 14.0. The van der Waals surface area contributed by atoms with E-state index in [-0.39, 0.29) is 17.7 Å². The first-order valence-electron chi connectivity index (χ1n) is 6.18. The summed E-state index contributed by atoms with van der Waals surface area (Å²) >= 11 is 3.21. The van der Waals surface area contributed by atoms with Gasteiger partial charge < -0.3 is 15.4 Å². The molecule has 1 aliphatic heterocycles. The van der Waals surface area contributed by atoms with Gasteiger partial charge in [0.05, 0.1) is 24.0 Å². The van der Waals surface area contributed by atoms with Gasteiger partial charge in [-0.1, -0.05) is 6.92 Å². The average molecular weight is 331 g/mol. The minimum Gasteiger partial charge on any atom is -0.396 e. The van der Waals surface area contributed by atoms with Crippen LogP contribution in [0.2, 0.25) is 0 Å². The van der Waals surface area contributed by atoms with Gasteiger partial charge in [-0.15, -0.1) is 0 Å². The first-order valence-corrected chi connectivity index (χ1v) is 6.97. The Kier molecular flexibility index (Phi) is 4.42. The minimum atomic E-state index is -0.531. The summed E-state index contributed by atoms with van der Waals surface area (Å²) in [5, 5.41) is 0. The third kappa shape index (κ3) is 3.06. The number of amides is 1. The molecule has 2 N–H and O–H groups in total. The zero-order valence-electron chi connectivity index (χ0n) is 10.7. The molecule has 0 bridgehead atoms. The molecule has 0 aromatic heterocycles. The fourth-order valence-electron chi connectivity index (χ4n) is 2.05. The van der Waals surface area contributed by atoms with Gasteiger partial charge in [0.2, 0.25) is 0 Å². The summed E-state index contributed by atoms with van der Waals surface area (Å²) < 4.78 is 19.2. The summed E-state index contributed by atoms with van der Waals surface area (Å²) in [5.41, 5.74) is 5.88. The number of halogens is 2. The van der Waals surface area contributed by atoms with Crippen LogP contribution in [0.25, 0.3) is 0 Å². The lowest BCUT2D eigenvalue weighted by Crippen LogP contribution is -2.45. The van der Waals surface area contributed by atoms with Crippen LogP contribution >= 0.6 is 15.9 Å². The molecular formula is C13H16BrFN2O2. The number of nitrogen functional groups attached to an aromatic ring is 1. The number of morpholine rings is 1. The molecule has 1 atom stereocenters. The van der Waals surface area contributed by atoms with E-state index in [2.05, 4.69) is 15.9 Å². The number of nitrogens with zero attached hydrogens (tertiary/aromatic N) is 1. The molecule has 0 radical (unpaired) electrons. The smallest absolute Gasteiger partial charge is 0.255 e. The molecule has 0 spiro atoms. The number of benzene rings is 1. The highest BCUT2D eigenvalue weighted by atomic mass is 79.9. The lowest BCUT2D eigenvalue weighted by Gasteiger charge is -2.32. The zero-order valence-corrected chi connectivity index (χ0v) is 12.2. The Hall–Kier alpha value is -1.14. The second-order valence-corrected chi connectivity index (χ2v) is 5.36. The third-order valence-electron chi connectivity index (χ3n) is 3.20. The van der Waals surface area contributed by atoms with Crippen LogP contribution in [0.15, 0.2) is 16.6 Å². The van der Waals surface area contributed by atoms with Crippen LogP contribution in [0.5, 0.6) is 0 Å². The van der Waals surface area contributed by atoms with E-state index in [9.17, 15) is 9.18 Å². The molecule has 1 saturated heterocycles. The molecule has 1 aliphatic rings. The molecule has 1 heterocycles. The van der Waals surface area contributed by atoms with E-state index in [0.717, 1.165) is 6.42 Å². The minimum absolute atomic E-state index is 0.0214. The summed E-state index contributed by atoms with van der Waals surface area (Å²) in [6.07, 6.45) is 0.922. The maximum absolute atomic E-state index is 13.3. The summed E-state index contributed by atoms with van der Waals surface area (Å²) in [6.45, 7) is 3.64. The van der Waals surface area contributed by atoms with Crippen molar-refractivity contribution in [3.8, 4) is 0 Å². The number of nitrogens with two attached hydrogens (primary N) is 1. The van der Waals surface area contributed by atoms with Gasteiger partial charge in [-0.2, -0.15) is 0 Å². The molecule has 0 aliphatic carbocycles. The largest absolute Gasteiger partial charge is 0.396 e. The van der Waals surface area contributed by atoms with E-state index >= 15 is 0 Å². The predicted octanol–water partition coefficient (Wildman–Crippen LogP) is 2.42. The van der Waals surface area contributed by atoms with Crippen molar-refractivity contribution in [1.82, 2.24) is 4.90 Å². The monoisotopic (exact) mass is 330 g/mol. The Labute approximate surface area is 119 Å². The van der Waals surface area contributed by atoms with Gasteiger partial charge in [0, 0.05) is 17.6 Å². The van der Waals surface area contributed by atoms with Crippen LogP contribution in [0.3, 0.4) is 0 Å². The lowest BCUT2D eigenvalue weighted by atomic mass is 10.1. The molecular weight excluding hydrogens is 315 g/mol. The highest BCUT2D eigenvalue weighted by Gasteiger charge is 2.25. The second-order valence-electron chi connectivity index (χ2n) is 4.51. The van der Waals surface area contributed by atoms with Crippen LogP contribution in [0.1, 0.15) is 23.7 Å². The van der Waals surface area contributed by atoms with Crippen molar-refractivity contribution >= 4 is 27.5 Å². The van der Waals surface area contributed by atoms with Crippen molar-refractivity contribution in [2.24, 2.45) is 0 Å². The van der Waals surface area contributed by atoms with E-state index in [1.54, 1.807) is 4.90 Å². The molecule has 4 nitrogen and oxygen atoms in total. The van der Waals surface area contributed by atoms with Crippen molar-refractivity contribution in [1.29, 1.82) is 0 Å². The van der Waals surface area contributed by atoms with Crippen molar-refractivity contribution in [2.45, 2.75) is 19.4 Å². The van der Waals surface area contributed by atoms with Crippen molar-refractivity contribution in [3.05, 3.63) is 28.0 Å². The van der Waals surface area contributed by atoms with E-state index in [1.165, 1.54) is 12.1 Å². The molecule has 1 amide bonds. The van der Waals surface area contributed by atoms with Crippen molar-refractivity contribution < 1.29 is 13.9 Å². The molecule has 6 heteroatoms. The number of hydrogen-bond acceptors (Lipinski definition) is 3. The van der Waals surface area contributed by atoms with Crippen LogP contribution in [0, 0.1) is 5.82 Å². The van der Waals surface area contributed by atoms with Crippen LogP contribution in [-0.2, 0) is 4.74 Å². The Bertz CT molecular complexity index is 496. The summed E-state index contributed by atoms with van der Waals surface area (Å²) in [5.74, 6) is -0.683. The Balaban J connectivity index is 2.22. The fourth-order valence-corrected chi connectivity index (χ4v) is 2.54. The fraction of sp³-hybridized carbons (Fsp3) is 0.462. The SMILES string of the molecule is CCC1CN(C(=O)c2cc(N)c(F)cc2Br)CCO1. The maximum atomic E-state index is 13.3. The third-order valence-corrected chi connectivity index (χ3v) is 3.85. The van der Waals surface area contributed by atoms with Gasteiger partial charge in [0.25, 0.3) is 5.91 Å². The van der Waals surface area contributed by atoms with Crippen LogP contribution in [-0.4, -0.2) is 36.6 Å². The number of rotatable bonds is 2. The quantitative estimate of drug-likeness (QED) is 0.847. The number of carbonyl (C=O) groups excluding carboxylic acids is 1. The van der Waals surface area contributed by atoms with Crippen LogP contribution < -0.4 is 5.73 Å². The number of ether oxygens (including phenoxy) is 1. The molecule has 1 unspecified atom stereocenters. The highest BCUT2D eigenvalue weighted by molar-refractivity contribution is 9.10. The molecule has 2 rings (SSSR count). The normalized spacial score (nSPS) is 19.5. The first kappa shape index (κ1) is 14.3. The Morgan fingerprint density at radius 1 is 1.63 bits per heavy atom. The van der Waals surface area contributed by atoms with Gasteiger partial charge in [0.1, 0.15) is 5.82 Å².